The van der Waals surface area contributed by atoms with Crippen molar-refractivity contribution in [2.24, 2.45) is 10.4 Å². The van der Waals surface area contributed by atoms with Crippen LogP contribution in [0.1, 0.15) is 52.4 Å². The van der Waals surface area contributed by atoms with Gasteiger partial charge in [-0.3, -0.25) is 4.99 Å². The highest BCUT2D eigenvalue weighted by Crippen LogP contribution is 2.40. The van der Waals surface area contributed by atoms with Gasteiger partial charge in [0.15, 0.2) is 15.8 Å². The number of rotatable bonds is 11. The second kappa shape index (κ2) is 11.6. The van der Waals surface area contributed by atoms with Gasteiger partial charge in [-0.05, 0) is 50.2 Å². The van der Waals surface area contributed by atoms with Gasteiger partial charge in [0.2, 0.25) is 0 Å². The Morgan fingerprint density at radius 1 is 1.21 bits per heavy atom. The van der Waals surface area contributed by atoms with Crippen molar-refractivity contribution in [2.45, 2.75) is 63.3 Å². The molecular formula is C22H37N3O3S. The van der Waals surface area contributed by atoms with Crippen molar-refractivity contribution >= 4 is 15.8 Å². The number of hydrogen-bond acceptors (Lipinski definition) is 4. The minimum absolute atomic E-state index is 0.0453. The first-order valence-corrected chi connectivity index (χ1v) is 12.4. The zero-order valence-corrected chi connectivity index (χ0v) is 18.9. The number of sulfone groups is 1. The third kappa shape index (κ3) is 7.30. The molecule has 0 aliphatic heterocycles. The lowest BCUT2D eigenvalue weighted by Crippen LogP contribution is -2.48. The summed E-state index contributed by atoms with van der Waals surface area (Å²) < 4.78 is 31.0. The molecule has 0 heterocycles. The average molecular weight is 424 g/mol. The molecule has 7 heteroatoms. The number of nitrogens with zero attached hydrogens (tertiary/aromatic N) is 1. The van der Waals surface area contributed by atoms with Gasteiger partial charge in [-0.2, -0.15) is 0 Å². The third-order valence-corrected chi connectivity index (χ3v) is 7.69. The molecule has 0 saturated heterocycles. The Balaban J connectivity index is 1.95. The zero-order valence-electron chi connectivity index (χ0n) is 18.1. The van der Waals surface area contributed by atoms with E-state index in [2.05, 4.69) is 15.6 Å². The molecule has 6 nitrogen and oxygen atoms in total. The highest BCUT2D eigenvalue weighted by Gasteiger charge is 2.33. The van der Waals surface area contributed by atoms with Gasteiger partial charge in [-0.25, -0.2) is 8.42 Å². The normalized spacial score (nSPS) is 17.8. The monoisotopic (exact) mass is 423 g/mol. The van der Waals surface area contributed by atoms with Gasteiger partial charge < -0.3 is 15.4 Å². The van der Waals surface area contributed by atoms with E-state index in [4.69, 9.17) is 4.74 Å². The van der Waals surface area contributed by atoms with E-state index in [9.17, 15) is 8.42 Å². The second-order valence-electron chi connectivity index (χ2n) is 7.92. The average Bonchev–Trinajstić information content (AvgIpc) is 3.20. The standard InChI is InChI=1S/C22H37N3O3S/c1-4-19(17-29(26,27)20-11-7-6-8-12-20)25-21(23-3)24-18-22(13-9-10-14-22)15-16-28-5-2/h6-8,11-12,19H,4-5,9-10,13-18H2,1-3H3,(H2,23,24,25). The lowest BCUT2D eigenvalue weighted by molar-refractivity contribution is 0.105. The Labute approximate surface area is 176 Å². The number of guanidine groups is 1. The van der Waals surface area contributed by atoms with E-state index in [1.807, 2.05) is 19.9 Å². The second-order valence-corrected chi connectivity index (χ2v) is 9.96. The molecule has 0 spiro atoms. The summed E-state index contributed by atoms with van der Waals surface area (Å²) in [5, 5.41) is 6.77. The molecule has 1 aromatic rings. The fourth-order valence-electron chi connectivity index (χ4n) is 3.98. The van der Waals surface area contributed by atoms with Crippen LogP contribution in [0.2, 0.25) is 0 Å². The van der Waals surface area contributed by atoms with Crippen LogP contribution in [0, 0.1) is 5.41 Å². The molecule has 2 rings (SSSR count). The van der Waals surface area contributed by atoms with Crippen molar-refractivity contribution in [1.82, 2.24) is 10.6 Å². The molecule has 29 heavy (non-hydrogen) atoms. The van der Waals surface area contributed by atoms with Gasteiger partial charge in [-0.15, -0.1) is 0 Å². The molecule has 0 aromatic heterocycles. The maximum absolute atomic E-state index is 12.7. The van der Waals surface area contributed by atoms with Crippen molar-refractivity contribution in [3.8, 4) is 0 Å². The summed E-state index contributed by atoms with van der Waals surface area (Å²) in [6.45, 7) is 6.39. The third-order valence-electron chi connectivity index (χ3n) is 5.86. The van der Waals surface area contributed by atoms with Crippen LogP contribution < -0.4 is 10.6 Å². The molecule has 1 aromatic carbocycles. The first-order chi connectivity index (χ1) is 13.9. The first-order valence-electron chi connectivity index (χ1n) is 10.8. The fraction of sp³-hybridized carbons (Fsp3) is 0.682. The molecule has 2 N–H and O–H groups in total. The minimum atomic E-state index is -3.34. The maximum Gasteiger partial charge on any atom is 0.191 e. The molecule has 1 fully saturated rings. The molecule has 0 amide bonds. The van der Waals surface area contributed by atoms with E-state index >= 15 is 0 Å². The van der Waals surface area contributed by atoms with Crippen molar-refractivity contribution in [3.05, 3.63) is 30.3 Å². The zero-order chi connectivity index (χ0) is 21.2. The van der Waals surface area contributed by atoms with Crippen LogP contribution in [0.4, 0.5) is 0 Å². The van der Waals surface area contributed by atoms with Crippen LogP contribution in [-0.2, 0) is 14.6 Å². The van der Waals surface area contributed by atoms with Crippen LogP contribution in [0.25, 0.3) is 0 Å². The van der Waals surface area contributed by atoms with Crippen LogP contribution in [0.15, 0.2) is 40.2 Å². The molecule has 1 atom stereocenters. The molecule has 164 valence electrons. The maximum atomic E-state index is 12.7. The number of benzene rings is 1. The summed E-state index contributed by atoms with van der Waals surface area (Å²) in [6.07, 6.45) is 6.65. The van der Waals surface area contributed by atoms with E-state index in [1.54, 1.807) is 31.3 Å². The molecule has 1 unspecified atom stereocenters. The number of aliphatic imine (C=N–C) groups is 1. The van der Waals surface area contributed by atoms with E-state index in [1.165, 1.54) is 25.7 Å². The van der Waals surface area contributed by atoms with Crippen molar-refractivity contribution in [2.75, 3.05) is 32.6 Å². The van der Waals surface area contributed by atoms with E-state index < -0.39 is 9.84 Å². The predicted octanol–water partition coefficient (Wildman–Crippen LogP) is 3.39. The molecule has 1 saturated carbocycles. The largest absolute Gasteiger partial charge is 0.382 e. The predicted molar refractivity (Wildman–Crippen MR) is 119 cm³/mol. The quantitative estimate of drug-likeness (QED) is 0.324. The summed E-state index contributed by atoms with van der Waals surface area (Å²) in [5.74, 6) is 0.715. The molecule has 0 radical (unpaired) electrons. The van der Waals surface area contributed by atoms with Gasteiger partial charge in [0.05, 0.1) is 10.6 Å². The van der Waals surface area contributed by atoms with Gasteiger partial charge in [-0.1, -0.05) is 38.0 Å². The summed E-state index contributed by atoms with van der Waals surface area (Å²) in [7, 11) is -1.61. The lowest BCUT2D eigenvalue weighted by Gasteiger charge is -2.31. The number of ether oxygens (including phenoxy) is 1. The fourth-order valence-corrected chi connectivity index (χ4v) is 5.60. The number of hydrogen-bond donors (Lipinski definition) is 2. The summed E-state index contributed by atoms with van der Waals surface area (Å²) in [6, 6.07) is 8.43. The Morgan fingerprint density at radius 2 is 1.90 bits per heavy atom. The van der Waals surface area contributed by atoms with Gasteiger partial charge in [0.1, 0.15) is 0 Å². The molecule has 1 aliphatic carbocycles. The highest BCUT2D eigenvalue weighted by molar-refractivity contribution is 7.91. The van der Waals surface area contributed by atoms with E-state index in [-0.39, 0.29) is 17.2 Å². The molecule has 1 aliphatic rings. The number of nitrogens with one attached hydrogen (secondary N) is 2. The van der Waals surface area contributed by atoms with Gasteiger partial charge in [0, 0.05) is 32.8 Å². The summed E-state index contributed by atoms with van der Waals surface area (Å²) >= 11 is 0. The van der Waals surface area contributed by atoms with E-state index in [0.29, 0.717) is 17.3 Å². The highest BCUT2D eigenvalue weighted by atomic mass is 32.2. The Kier molecular flexibility index (Phi) is 9.43. The van der Waals surface area contributed by atoms with Crippen molar-refractivity contribution in [3.63, 3.8) is 0 Å². The topological polar surface area (TPSA) is 79.8 Å². The summed E-state index contributed by atoms with van der Waals surface area (Å²) in [5.41, 5.74) is 0.241. The van der Waals surface area contributed by atoms with Crippen LogP contribution in [-0.4, -0.2) is 53.0 Å². The SMILES string of the molecule is CCOCCC1(CNC(=NC)NC(CC)CS(=O)(=O)c2ccccc2)CCCC1. The van der Waals surface area contributed by atoms with Crippen LogP contribution in [0.3, 0.4) is 0 Å². The van der Waals surface area contributed by atoms with Crippen LogP contribution >= 0.6 is 0 Å². The smallest absolute Gasteiger partial charge is 0.191 e. The van der Waals surface area contributed by atoms with Gasteiger partial charge >= 0.3 is 0 Å². The first kappa shape index (κ1) is 23.7. The van der Waals surface area contributed by atoms with Crippen molar-refractivity contribution in [1.29, 1.82) is 0 Å². The van der Waals surface area contributed by atoms with Crippen LogP contribution in [0.5, 0.6) is 0 Å². The Bertz CT molecular complexity index is 729. The molecule has 0 bridgehead atoms. The minimum Gasteiger partial charge on any atom is -0.382 e. The lowest BCUT2D eigenvalue weighted by atomic mass is 9.83. The molecular weight excluding hydrogens is 386 g/mol. The van der Waals surface area contributed by atoms with E-state index in [0.717, 1.165) is 26.2 Å². The summed E-state index contributed by atoms with van der Waals surface area (Å²) in [4.78, 5) is 4.70. The van der Waals surface area contributed by atoms with Gasteiger partial charge in [0.25, 0.3) is 0 Å². The van der Waals surface area contributed by atoms with Crippen molar-refractivity contribution < 1.29 is 13.2 Å². The Hall–Kier alpha value is -1.60. The Morgan fingerprint density at radius 3 is 2.48 bits per heavy atom.